The first-order chi connectivity index (χ1) is 3.45. The van der Waals surface area contributed by atoms with Gasteiger partial charge in [-0.3, -0.25) is 0 Å². The lowest BCUT2D eigenvalue weighted by Gasteiger charge is -2.05. The topological polar surface area (TPSA) is 30.5 Å². The van der Waals surface area contributed by atoms with E-state index in [4.69, 9.17) is 9.05 Å². The Balaban J connectivity index is 2.12. The van der Waals surface area contributed by atoms with Crippen LogP contribution in [0.4, 0.5) is 0 Å². The summed E-state index contributed by atoms with van der Waals surface area (Å²) in [6.07, 6.45) is 0. The van der Waals surface area contributed by atoms with Gasteiger partial charge in [0.2, 0.25) is 0 Å². The van der Waals surface area contributed by atoms with Gasteiger partial charge in [0.25, 0.3) is 8.53 Å². The summed E-state index contributed by atoms with van der Waals surface area (Å²) in [5.41, 5.74) is 0. The van der Waals surface area contributed by atoms with E-state index in [9.17, 15) is 0 Å². The van der Waals surface area contributed by atoms with Gasteiger partial charge in [0.1, 0.15) is 0 Å². The molecule has 2 rings (SSSR count). The zero-order chi connectivity index (χ0) is 4.69. The molecule has 0 amide bonds. The van der Waals surface area contributed by atoms with Gasteiger partial charge in [0.15, 0.2) is 0 Å². The standard InChI is InChI=1S/C3H6NO2P/c1-3-2-6-7(4-3)5-1/h3-4H,1-2H2. The van der Waals surface area contributed by atoms with Gasteiger partial charge in [-0.05, 0) is 0 Å². The highest BCUT2D eigenvalue weighted by Gasteiger charge is 2.33. The maximum atomic E-state index is 5.08. The van der Waals surface area contributed by atoms with Crippen molar-refractivity contribution in [2.75, 3.05) is 13.2 Å². The predicted octanol–water partition coefficient (Wildman–Crippen LogP) is 0.232. The smallest absolute Gasteiger partial charge is 0.256 e. The second kappa shape index (κ2) is 1.39. The van der Waals surface area contributed by atoms with E-state index in [1.54, 1.807) is 0 Å². The van der Waals surface area contributed by atoms with E-state index in [0.717, 1.165) is 13.2 Å². The number of hydrogen-bond acceptors (Lipinski definition) is 3. The summed E-state index contributed by atoms with van der Waals surface area (Å²) < 4.78 is 10.2. The third kappa shape index (κ3) is 0.572. The van der Waals surface area contributed by atoms with Crippen LogP contribution < -0.4 is 5.09 Å². The fourth-order valence-electron chi connectivity index (χ4n) is 0.699. The molecule has 2 aliphatic rings. The van der Waals surface area contributed by atoms with Gasteiger partial charge in [0, 0.05) is 0 Å². The van der Waals surface area contributed by atoms with Crippen molar-refractivity contribution >= 4 is 8.53 Å². The molecule has 2 fully saturated rings. The van der Waals surface area contributed by atoms with Crippen LogP contribution in [0.3, 0.4) is 0 Å². The molecule has 0 radical (unpaired) electrons. The van der Waals surface area contributed by atoms with Crippen molar-refractivity contribution in [1.29, 1.82) is 0 Å². The lowest BCUT2D eigenvalue weighted by Crippen LogP contribution is -2.19. The average Bonchev–Trinajstić information content (AvgIpc) is 2.22. The number of hydrogen-bond donors (Lipinski definition) is 1. The van der Waals surface area contributed by atoms with Crippen molar-refractivity contribution in [2.45, 2.75) is 6.04 Å². The molecule has 0 atom stereocenters. The molecule has 0 aliphatic carbocycles. The fraction of sp³-hybridized carbons (Fsp3) is 1.00. The summed E-state index contributed by atoms with van der Waals surface area (Å²) in [5, 5.41) is 3.15. The number of fused-ring (bicyclic) bond motifs is 2. The number of rotatable bonds is 0. The summed E-state index contributed by atoms with van der Waals surface area (Å²) in [5.74, 6) is 0. The summed E-state index contributed by atoms with van der Waals surface area (Å²) in [7, 11) is -0.619. The molecule has 1 N–H and O–H groups in total. The van der Waals surface area contributed by atoms with Crippen LogP contribution in [0, 0.1) is 0 Å². The Labute approximate surface area is 43.0 Å². The van der Waals surface area contributed by atoms with Gasteiger partial charge < -0.3 is 9.05 Å². The molecule has 0 aromatic heterocycles. The van der Waals surface area contributed by atoms with E-state index in [0.29, 0.717) is 6.04 Å². The van der Waals surface area contributed by atoms with Crippen LogP contribution in [0.5, 0.6) is 0 Å². The SMILES string of the molecule is C1OP2NC1CO2. The van der Waals surface area contributed by atoms with Crippen molar-refractivity contribution in [3.63, 3.8) is 0 Å². The Morgan fingerprint density at radius 1 is 1.43 bits per heavy atom. The Morgan fingerprint density at radius 2 is 2.14 bits per heavy atom. The summed E-state index contributed by atoms with van der Waals surface area (Å²) in [6.45, 7) is 1.71. The second-order valence-corrected chi connectivity index (χ2v) is 2.96. The van der Waals surface area contributed by atoms with E-state index in [2.05, 4.69) is 5.09 Å². The highest BCUT2D eigenvalue weighted by molar-refractivity contribution is 7.45. The first-order valence-electron chi connectivity index (χ1n) is 2.27. The molecule has 0 aromatic carbocycles. The second-order valence-electron chi connectivity index (χ2n) is 1.67. The molecule has 7 heavy (non-hydrogen) atoms. The van der Waals surface area contributed by atoms with Crippen LogP contribution in [-0.4, -0.2) is 19.3 Å². The van der Waals surface area contributed by atoms with E-state index >= 15 is 0 Å². The monoisotopic (exact) mass is 119 g/mol. The zero-order valence-corrected chi connectivity index (χ0v) is 4.65. The quantitative estimate of drug-likeness (QED) is 0.463. The zero-order valence-electron chi connectivity index (χ0n) is 3.76. The predicted molar refractivity (Wildman–Crippen MR) is 25.7 cm³/mol. The highest BCUT2D eigenvalue weighted by Crippen LogP contribution is 2.44. The molecule has 3 nitrogen and oxygen atoms in total. The van der Waals surface area contributed by atoms with Crippen molar-refractivity contribution in [3.05, 3.63) is 0 Å². The maximum absolute atomic E-state index is 5.08. The first-order valence-corrected chi connectivity index (χ1v) is 3.45. The fourth-order valence-corrected chi connectivity index (χ4v) is 2.00. The molecule has 0 spiro atoms. The van der Waals surface area contributed by atoms with Crippen LogP contribution >= 0.6 is 8.53 Å². The molecule has 0 unspecified atom stereocenters. The summed E-state index contributed by atoms with van der Waals surface area (Å²) in [6, 6.07) is 0.506. The van der Waals surface area contributed by atoms with Crippen LogP contribution in [-0.2, 0) is 9.05 Å². The minimum Gasteiger partial charge on any atom is -0.320 e. The van der Waals surface area contributed by atoms with Gasteiger partial charge in [-0.2, -0.15) is 0 Å². The van der Waals surface area contributed by atoms with Crippen molar-refractivity contribution in [1.82, 2.24) is 5.09 Å². The van der Waals surface area contributed by atoms with E-state index in [1.807, 2.05) is 0 Å². The lowest BCUT2D eigenvalue weighted by atomic mass is 10.4. The molecule has 2 saturated heterocycles. The molecule has 0 aromatic rings. The Bertz CT molecular complexity index is 71.0. The summed E-state index contributed by atoms with van der Waals surface area (Å²) in [4.78, 5) is 0. The molecular formula is C3H6NO2P. The van der Waals surface area contributed by atoms with Gasteiger partial charge in [-0.25, -0.2) is 5.09 Å². The van der Waals surface area contributed by atoms with E-state index in [1.165, 1.54) is 0 Å². The molecular weight excluding hydrogens is 113 g/mol. The molecule has 2 bridgehead atoms. The number of nitrogens with one attached hydrogen (secondary N) is 1. The molecule has 0 saturated carbocycles. The van der Waals surface area contributed by atoms with Gasteiger partial charge in [-0.1, -0.05) is 0 Å². The normalized spacial score (nSPS) is 48.0. The average molecular weight is 119 g/mol. The molecule has 4 heteroatoms. The Hall–Kier alpha value is 0.310. The molecule has 2 aliphatic heterocycles. The summed E-state index contributed by atoms with van der Waals surface area (Å²) >= 11 is 0. The minimum absolute atomic E-state index is 0.506. The Morgan fingerprint density at radius 3 is 2.29 bits per heavy atom. The van der Waals surface area contributed by atoms with Crippen LogP contribution in [0.1, 0.15) is 0 Å². The van der Waals surface area contributed by atoms with Crippen molar-refractivity contribution in [3.8, 4) is 0 Å². The maximum Gasteiger partial charge on any atom is 0.256 e. The van der Waals surface area contributed by atoms with E-state index < -0.39 is 8.53 Å². The molecule has 40 valence electrons. The van der Waals surface area contributed by atoms with Gasteiger partial charge in [-0.15, -0.1) is 0 Å². The lowest BCUT2D eigenvalue weighted by molar-refractivity contribution is 0.208. The first kappa shape index (κ1) is 4.21. The Kier molecular flexibility index (Phi) is 0.837. The van der Waals surface area contributed by atoms with Crippen molar-refractivity contribution in [2.24, 2.45) is 0 Å². The van der Waals surface area contributed by atoms with Gasteiger partial charge >= 0.3 is 0 Å². The molecule has 2 heterocycles. The minimum atomic E-state index is -0.619. The largest absolute Gasteiger partial charge is 0.320 e. The van der Waals surface area contributed by atoms with Crippen molar-refractivity contribution < 1.29 is 9.05 Å². The third-order valence-corrected chi connectivity index (χ3v) is 2.42. The van der Waals surface area contributed by atoms with E-state index in [-0.39, 0.29) is 0 Å². The highest BCUT2D eigenvalue weighted by atomic mass is 31.2. The van der Waals surface area contributed by atoms with Crippen LogP contribution in [0.2, 0.25) is 0 Å². The third-order valence-electron chi connectivity index (χ3n) is 1.07. The van der Waals surface area contributed by atoms with Crippen LogP contribution in [0.15, 0.2) is 0 Å². The van der Waals surface area contributed by atoms with Gasteiger partial charge in [0.05, 0.1) is 19.3 Å². The van der Waals surface area contributed by atoms with Crippen LogP contribution in [0.25, 0.3) is 0 Å².